The molecule has 2 aromatic carbocycles. The van der Waals surface area contributed by atoms with Crippen molar-refractivity contribution in [2.24, 2.45) is 0 Å². The topological polar surface area (TPSA) is 102 Å². The van der Waals surface area contributed by atoms with Gasteiger partial charge >= 0.3 is 5.97 Å². The minimum absolute atomic E-state index is 0.141. The van der Waals surface area contributed by atoms with E-state index in [4.69, 9.17) is 9.47 Å². The van der Waals surface area contributed by atoms with Crippen LogP contribution in [0.25, 0.3) is 6.08 Å². The van der Waals surface area contributed by atoms with Crippen LogP contribution in [0, 0.1) is 6.92 Å². The van der Waals surface area contributed by atoms with Gasteiger partial charge in [-0.05, 0) is 62.0 Å². The number of rotatable bonds is 8. The molecule has 0 aliphatic carbocycles. The highest BCUT2D eigenvalue weighted by Gasteiger charge is 2.36. The predicted molar refractivity (Wildman–Crippen MR) is 129 cm³/mol. The van der Waals surface area contributed by atoms with Gasteiger partial charge in [-0.2, -0.15) is 0 Å². The molecule has 1 fully saturated rings. The summed E-state index contributed by atoms with van der Waals surface area (Å²) in [4.78, 5) is 50.2. The normalized spacial score (nSPS) is 14.5. The Bertz CT molecular complexity index is 1120. The number of esters is 1. The Morgan fingerprint density at radius 2 is 1.88 bits per heavy atom. The number of aryl methyl sites for hydroxylation is 1. The molecule has 10 heteroatoms. The van der Waals surface area contributed by atoms with Crippen molar-refractivity contribution >= 4 is 62.5 Å². The molecule has 3 amide bonds. The monoisotopic (exact) mass is 532 g/mol. The molecule has 0 bridgehead atoms. The summed E-state index contributed by atoms with van der Waals surface area (Å²) in [6, 6.07) is 12.2. The molecule has 1 heterocycles. The third-order valence-corrected chi connectivity index (χ3v) is 5.82. The summed E-state index contributed by atoms with van der Waals surface area (Å²) in [5.74, 6) is -1.25. The summed E-state index contributed by atoms with van der Waals surface area (Å²) in [6.45, 7) is 3.16. The zero-order chi connectivity index (χ0) is 24.0. The van der Waals surface area contributed by atoms with Gasteiger partial charge in [-0.15, -0.1) is 0 Å². The molecule has 3 rings (SSSR count). The molecule has 0 unspecified atom stereocenters. The lowest BCUT2D eigenvalue weighted by Crippen LogP contribution is -2.36. The SMILES string of the molecule is CCOC(=O)COc1ccc(Br)cc1C=C1SC(=O)N(CC(=O)Nc2ccc(C)cc2)C1=O. The Morgan fingerprint density at radius 3 is 2.58 bits per heavy atom. The summed E-state index contributed by atoms with van der Waals surface area (Å²) in [7, 11) is 0. The molecule has 33 heavy (non-hydrogen) atoms. The molecule has 0 spiro atoms. The average Bonchev–Trinajstić information content (AvgIpc) is 3.02. The van der Waals surface area contributed by atoms with Crippen LogP contribution >= 0.6 is 27.7 Å². The van der Waals surface area contributed by atoms with Crippen molar-refractivity contribution in [2.75, 3.05) is 25.1 Å². The van der Waals surface area contributed by atoms with Crippen molar-refractivity contribution in [2.45, 2.75) is 13.8 Å². The first-order chi connectivity index (χ1) is 15.8. The van der Waals surface area contributed by atoms with E-state index in [-0.39, 0.29) is 18.1 Å². The number of halogens is 1. The molecule has 2 aromatic rings. The number of nitrogens with one attached hydrogen (secondary N) is 1. The first-order valence-electron chi connectivity index (χ1n) is 9.96. The van der Waals surface area contributed by atoms with Crippen molar-refractivity contribution < 1.29 is 28.7 Å². The number of hydrogen-bond acceptors (Lipinski definition) is 7. The summed E-state index contributed by atoms with van der Waals surface area (Å²) < 4.78 is 11.1. The summed E-state index contributed by atoms with van der Waals surface area (Å²) in [5.41, 5.74) is 2.11. The van der Waals surface area contributed by atoms with E-state index in [9.17, 15) is 19.2 Å². The molecular formula is C23H21BrN2O6S. The Balaban J connectivity index is 1.72. The van der Waals surface area contributed by atoms with E-state index in [1.54, 1.807) is 37.3 Å². The van der Waals surface area contributed by atoms with Gasteiger partial charge in [0.2, 0.25) is 5.91 Å². The number of hydrogen-bond donors (Lipinski definition) is 1. The minimum Gasteiger partial charge on any atom is -0.481 e. The molecule has 0 radical (unpaired) electrons. The first kappa shape index (κ1) is 24.5. The molecule has 1 saturated heterocycles. The van der Waals surface area contributed by atoms with Crippen LogP contribution in [0.4, 0.5) is 10.5 Å². The van der Waals surface area contributed by atoms with Crippen LogP contribution < -0.4 is 10.1 Å². The Hall–Kier alpha value is -3.11. The van der Waals surface area contributed by atoms with Gasteiger partial charge in [-0.3, -0.25) is 19.3 Å². The van der Waals surface area contributed by atoms with Gasteiger partial charge in [0.05, 0.1) is 11.5 Å². The fourth-order valence-electron chi connectivity index (χ4n) is 2.86. The number of amides is 3. The highest BCUT2D eigenvalue weighted by Crippen LogP contribution is 2.34. The molecule has 0 aromatic heterocycles. The van der Waals surface area contributed by atoms with Crippen molar-refractivity contribution in [1.29, 1.82) is 0 Å². The van der Waals surface area contributed by atoms with Gasteiger partial charge < -0.3 is 14.8 Å². The maximum absolute atomic E-state index is 12.8. The van der Waals surface area contributed by atoms with E-state index in [2.05, 4.69) is 21.2 Å². The van der Waals surface area contributed by atoms with E-state index >= 15 is 0 Å². The highest BCUT2D eigenvalue weighted by atomic mass is 79.9. The van der Waals surface area contributed by atoms with Crippen LogP contribution in [0.3, 0.4) is 0 Å². The number of thioether (sulfide) groups is 1. The third-order valence-electron chi connectivity index (χ3n) is 4.42. The van der Waals surface area contributed by atoms with Crippen LogP contribution in [0.2, 0.25) is 0 Å². The summed E-state index contributed by atoms with van der Waals surface area (Å²) >= 11 is 4.09. The quantitative estimate of drug-likeness (QED) is 0.397. The van der Waals surface area contributed by atoms with Crippen LogP contribution in [0.1, 0.15) is 18.1 Å². The van der Waals surface area contributed by atoms with Gasteiger partial charge in [0, 0.05) is 15.7 Å². The van der Waals surface area contributed by atoms with Gasteiger partial charge in [0.25, 0.3) is 11.1 Å². The number of anilines is 1. The molecule has 172 valence electrons. The molecule has 1 aliphatic rings. The van der Waals surface area contributed by atoms with Crippen LogP contribution in [-0.4, -0.2) is 47.7 Å². The zero-order valence-electron chi connectivity index (χ0n) is 17.9. The number of benzene rings is 2. The molecule has 1 aliphatic heterocycles. The molecule has 0 atom stereocenters. The molecule has 0 saturated carbocycles. The Morgan fingerprint density at radius 1 is 1.15 bits per heavy atom. The Kier molecular flexibility index (Phi) is 8.29. The third kappa shape index (κ3) is 6.69. The van der Waals surface area contributed by atoms with Crippen LogP contribution in [0.5, 0.6) is 5.75 Å². The van der Waals surface area contributed by atoms with Crippen molar-refractivity contribution in [3.8, 4) is 5.75 Å². The lowest BCUT2D eigenvalue weighted by molar-refractivity contribution is -0.145. The fourth-order valence-corrected chi connectivity index (χ4v) is 4.07. The number of imide groups is 1. The standard InChI is InChI=1S/C23H21BrN2O6S/c1-3-31-21(28)13-32-18-9-6-16(24)10-15(18)11-19-22(29)26(23(30)33-19)12-20(27)25-17-7-4-14(2)5-8-17/h4-11H,3,12-13H2,1-2H3,(H,25,27). The van der Waals surface area contributed by atoms with Gasteiger partial charge in [-0.25, -0.2) is 4.79 Å². The van der Waals surface area contributed by atoms with E-state index in [1.807, 2.05) is 19.1 Å². The van der Waals surface area contributed by atoms with E-state index in [0.717, 1.165) is 22.2 Å². The number of carbonyl (C=O) groups is 4. The second kappa shape index (κ2) is 11.2. The van der Waals surface area contributed by atoms with Gasteiger partial charge in [0.1, 0.15) is 12.3 Å². The van der Waals surface area contributed by atoms with Crippen LogP contribution in [0.15, 0.2) is 51.8 Å². The maximum atomic E-state index is 12.8. The molecule has 8 nitrogen and oxygen atoms in total. The minimum atomic E-state index is -0.583. The smallest absolute Gasteiger partial charge is 0.344 e. The van der Waals surface area contributed by atoms with Crippen molar-refractivity contribution in [3.05, 3.63) is 63.0 Å². The van der Waals surface area contributed by atoms with Crippen molar-refractivity contribution in [3.63, 3.8) is 0 Å². The lowest BCUT2D eigenvalue weighted by atomic mass is 10.2. The van der Waals surface area contributed by atoms with Gasteiger partial charge in [-0.1, -0.05) is 33.6 Å². The average molecular weight is 533 g/mol. The second-order valence-electron chi connectivity index (χ2n) is 6.96. The summed E-state index contributed by atoms with van der Waals surface area (Å²) in [6.07, 6.45) is 1.49. The second-order valence-corrected chi connectivity index (χ2v) is 8.87. The van der Waals surface area contributed by atoms with Crippen LogP contribution in [-0.2, 0) is 19.1 Å². The lowest BCUT2D eigenvalue weighted by Gasteiger charge is -2.12. The van der Waals surface area contributed by atoms with E-state index in [0.29, 0.717) is 21.5 Å². The van der Waals surface area contributed by atoms with Crippen molar-refractivity contribution in [1.82, 2.24) is 4.90 Å². The first-order valence-corrected chi connectivity index (χ1v) is 11.6. The Labute approximate surface area is 203 Å². The van der Waals surface area contributed by atoms with E-state index < -0.39 is 29.6 Å². The highest BCUT2D eigenvalue weighted by molar-refractivity contribution is 9.10. The number of carbonyl (C=O) groups excluding carboxylic acids is 4. The summed E-state index contributed by atoms with van der Waals surface area (Å²) in [5, 5.41) is 2.13. The fraction of sp³-hybridized carbons (Fsp3) is 0.217. The maximum Gasteiger partial charge on any atom is 0.344 e. The van der Waals surface area contributed by atoms with Gasteiger partial charge in [0.15, 0.2) is 6.61 Å². The zero-order valence-corrected chi connectivity index (χ0v) is 20.3. The molecule has 1 N–H and O–H groups in total. The molecular weight excluding hydrogens is 512 g/mol. The predicted octanol–water partition coefficient (Wildman–Crippen LogP) is 4.37. The number of nitrogens with zero attached hydrogens (tertiary/aromatic N) is 1. The van der Waals surface area contributed by atoms with E-state index in [1.165, 1.54) is 6.08 Å². The number of ether oxygens (including phenoxy) is 2. The largest absolute Gasteiger partial charge is 0.481 e.